The number of carbonyl (C=O) groups excluding carboxylic acids is 2. The van der Waals surface area contributed by atoms with Gasteiger partial charge in [0, 0.05) is 25.7 Å². The summed E-state index contributed by atoms with van der Waals surface area (Å²) in [5.74, 6) is -0.643. The molecule has 0 N–H and O–H groups in total. The highest BCUT2D eigenvalue weighted by atomic mass is 16.2. The van der Waals surface area contributed by atoms with E-state index in [0.717, 1.165) is 25.8 Å². The second-order valence-electron chi connectivity index (χ2n) is 4.53. The molecule has 1 atom stereocenters. The van der Waals surface area contributed by atoms with Gasteiger partial charge in [-0.25, -0.2) is 0 Å². The maximum absolute atomic E-state index is 12.2. The molecule has 0 bridgehead atoms. The van der Waals surface area contributed by atoms with E-state index in [1.54, 1.807) is 9.80 Å². The molecule has 1 rings (SSSR count). The second kappa shape index (κ2) is 6.62. The number of carbonyl (C=O) groups is 2. The summed E-state index contributed by atoms with van der Waals surface area (Å²) in [5.41, 5.74) is 0. The van der Waals surface area contributed by atoms with Crippen LogP contribution in [0.15, 0.2) is 0 Å². The highest BCUT2D eigenvalue weighted by molar-refractivity contribution is 6.35. The first-order valence-corrected chi connectivity index (χ1v) is 6.75. The van der Waals surface area contributed by atoms with Crippen LogP contribution in [0.2, 0.25) is 0 Å². The zero-order valence-electron chi connectivity index (χ0n) is 11.2. The monoisotopic (exact) mass is 240 g/mol. The lowest BCUT2D eigenvalue weighted by molar-refractivity contribution is -0.153. The number of nitrogens with zero attached hydrogens (tertiary/aromatic N) is 2. The summed E-state index contributed by atoms with van der Waals surface area (Å²) in [4.78, 5) is 27.5. The lowest BCUT2D eigenvalue weighted by atomic mass is 10.00. The smallest absolute Gasteiger partial charge is 0.312 e. The number of likely N-dealkylation sites (N-methyl/N-ethyl adjacent to an activating group) is 1. The number of amides is 2. The van der Waals surface area contributed by atoms with E-state index in [9.17, 15) is 9.59 Å². The van der Waals surface area contributed by atoms with Gasteiger partial charge in [-0.05, 0) is 39.5 Å². The van der Waals surface area contributed by atoms with Crippen LogP contribution in [0, 0.1) is 0 Å². The van der Waals surface area contributed by atoms with Crippen LogP contribution in [0.5, 0.6) is 0 Å². The Hall–Kier alpha value is -1.06. The first-order valence-electron chi connectivity index (χ1n) is 6.75. The number of hydrogen-bond acceptors (Lipinski definition) is 2. The van der Waals surface area contributed by atoms with Gasteiger partial charge in [0.05, 0.1) is 0 Å². The Morgan fingerprint density at radius 3 is 2.35 bits per heavy atom. The summed E-state index contributed by atoms with van der Waals surface area (Å²) in [6, 6.07) is 0.260. The quantitative estimate of drug-likeness (QED) is 0.704. The molecule has 17 heavy (non-hydrogen) atoms. The van der Waals surface area contributed by atoms with E-state index < -0.39 is 0 Å². The van der Waals surface area contributed by atoms with Crippen LogP contribution in [0.1, 0.15) is 46.5 Å². The van der Waals surface area contributed by atoms with E-state index in [0.29, 0.717) is 13.1 Å². The van der Waals surface area contributed by atoms with Crippen LogP contribution in [0.3, 0.4) is 0 Å². The predicted octanol–water partition coefficient (Wildman–Crippen LogP) is 1.65. The third kappa shape index (κ3) is 3.20. The van der Waals surface area contributed by atoms with Crippen LogP contribution in [0.25, 0.3) is 0 Å². The second-order valence-corrected chi connectivity index (χ2v) is 4.53. The van der Waals surface area contributed by atoms with Crippen LogP contribution in [0.4, 0.5) is 0 Å². The molecule has 1 aliphatic rings. The first kappa shape index (κ1) is 14.0. The molecule has 1 fully saturated rings. The van der Waals surface area contributed by atoms with Crippen molar-refractivity contribution in [3.8, 4) is 0 Å². The highest BCUT2D eigenvalue weighted by Gasteiger charge is 2.31. The van der Waals surface area contributed by atoms with E-state index >= 15 is 0 Å². The fraction of sp³-hybridized carbons (Fsp3) is 0.846. The van der Waals surface area contributed by atoms with Crippen LogP contribution in [-0.4, -0.2) is 47.3 Å². The van der Waals surface area contributed by atoms with Gasteiger partial charge in [0.25, 0.3) is 0 Å². The summed E-state index contributed by atoms with van der Waals surface area (Å²) in [5, 5.41) is 0. The van der Waals surface area contributed by atoms with Gasteiger partial charge in [0.15, 0.2) is 0 Å². The molecule has 0 spiro atoms. The van der Waals surface area contributed by atoms with Crippen molar-refractivity contribution >= 4 is 11.8 Å². The van der Waals surface area contributed by atoms with Gasteiger partial charge in [-0.2, -0.15) is 0 Å². The van der Waals surface area contributed by atoms with Crippen molar-refractivity contribution in [2.24, 2.45) is 0 Å². The minimum atomic E-state index is -0.338. The van der Waals surface area contributed by atoms with Gasteiger partial charge in [-0.3, -0.25) is 9.59 Å². The maximum atomic E-state index is 12.2. The standard InChI is InChI=1S/C13H24N2O2/c1-4-11-9-7-8-10-15(11)13(17)12(16)14(5-2)6-3/h11H,4-10H2,1-3H3. The molecular formula is C13H24N2O2. The van der Waals surface area contributed by atoms with Gasteiger partial charge >= 0.3 is 11.8 Å². The Morgan fingerprint density at radius 2 is 1.82 bits per heavy atom. The molecule has 0 aliphatic carbocycles. The molecule has 0 aromatic heterocycles. The Labute approximate surface area is 104 Å². The molecule has 0 aromatic carbocycles. The van der Waals surface area contributed by atoms with Crippen molar-refractivity contribution in [2.45, 2.75) is 52.5 Å². The zero-order chi connectivity index (χ0) is 12.8. The average Bonchev–Trinajstić information content (AvgIpc) is 2.39. The molecule has 2 amide bonds. The summed E-state index contributed by atoms with van der Waals surface area (Å²) in [6.45, 7) is 7.84. The fourth-order valence-corrected chi connectivity index (χ4v) is 2.46. The summed E-state index contributed by atoms with van der Waals surface area (Å²) >= 11 is 0. The molecule has 1 saturated heterocycles. The number of likely N-dealkylation sites (tertiary alicyclic amines) is 1. The normalized spacial score (nSPS) is 20.2. The van der Waals surface area contributed by atoms with E-state index in [-0.39, 0.29) is 17.9 Å². The molecule has 1 unspecified atom stereocenters. The van der Waals surface area contributed by atoms with Gasteiger partial charge < -0.3 is 9.80 Å². The van der Waals surface area contributed by atoms with E-state index in [2.05, 4.69) is 6.92 Å². The first-order chi connectivity index (χ1) is 8.15. The molecule has 0 saturated carbocycles. The number of piperidine rings is 1. The topological polar surface area (TPSA) is 40.6 Å². The third-order valence-corrected chi connectivity index (χ3v) is 3.59. The molecular weight excluding hydrogens is 216 g/mol. The Bertz CT molecular complexity index is 275. The molecule has 0 aromatic rings. The zero-order valence-corrected chi connectivity index (χ0v) is 11.2. The van der Waals surface area contributed by atoms with E-state index in [1.807, 2.05) is 13.8 Å². The van der Waals surface area contributed by atoms with Crippen molar-refractivity contribution < 1.29 is 9.59 Å². The molecule has 0 radical (unpaired) electrons. The van der Waals surface area contributed by atoms with Gasteiger partial charge in [0.2, 0.25) is 0 Å². The van der Waals surface area contributed by atoms with Gasteiger partial charge in [-0.15, -0.1) is 0 Å². The van der Waals surface area contributed by atoms with Crippen molar-refractivity contribution in [1.29, 1.82) is 0 Å². The Morgan fingerprint density at radius 1 is 1.18 bits per heavy atom. The molecule has 1 heterocycles. The summed E-state index contributed by atoms with van der Waals surface area (Å²) < 4.78 is 0. The molecule has 98 valence electrons. The maximum Gasteiger partial charge on any atom is 0.312 e. The van der Waals surface area contributed by atoms with Crippen molar-refractivity contribution in [3.63, 3.8) is 0 Å². The number of hydrogen-bond donors (Lipinski definition) is 0. The minimum absolute atomic E-state index is 0.260. The molecule has 1 aliphatic heterocycles. The van der Waals surface area contributed by atoms with Crippen LogP contribution < -0.4 is 0 Å². The van der Waals surface area contributed by atoms with Gasteiger partial charge in [-0.1, -0.05) is 6.92 Å². The average molecular weight is 240 g/mol. The van der Waals surface area contributed by atoms with Crippen molar-refractivity contribution in [1.82, 2.24) is 9.80 Å². The van der Waals surface area contributed by atoms with Crippen molar-refractivity contribution in [3.05, 3.63) is 0 Å². The summed E-state index contributed by atoms with van der Waals surface area (Å²) in [6.07, 6.45) is 4.17. The molecule has 4 nitrogen and oxygen atoms in total. The van der Waals surface area contributed by atoms with Crippen LogP contribution >= 0.6 is 0 Å². The lowest BCUT2D eigenvalue weighted by Gasteiger charge is -2.35. The Kier molecular flexibility index (Phi) is 5.45. The SMILES string of the molecule is CCC1CCCCN1C(=O)C(=O)N(CC)CC. The van der Waals surface area contributed by atoms with Crippen molar-refractivity contribution in [2.75, 3.05) is 19.6 Å². The fourth-order valence-electron chi connectivity index (χ4n) is 2.46. The number of rotatable bonds is 3. The van der Waals surface area contributed by atoms with E-state index in [1.165, 1.54) is 6.42 Å². The summed E-state index contributed by atoms with van der Waals surface area (Å²) in [7, 11) is 0. The largest absolute Gasteiger partial charge is 0.335 e. The van der Waals surface area contributed by atoms with E-state index in [4.69, 9.17) is 0 Å². The third-order valence-electron chi connectivity index (χ3n) is 3.59. The lowest BCUT2D eigenvalue weighted by Crippen LogP contribution is -2.50. The van der Waals surface area contributed by atoms with Crippen LogP contribution in [-0.2, 0) is 9.59 Å². The molecule has 4 heteroatoms. The highest BCUT2D eigenvalue weighted by Crippen LogP contribution is 2.19. The Balaban J connectivity index is 2.69. The minimum Gasteiger partial charge on any atom is -0.335 e. The predicted molar refractivity (Wildman–Crippen MR) is 67.6 cm³/mol. The van der Waals surface area contributed by atoms with Gasteiger partial charge in [0.1, 0.15) is 0 Å².